The molecule has 0 radical (unpaired) electrons. The van der Waals surface area contributed by atoms with Crippen LogP contribution in [0.3, 0.4) is 0 Å². The standard InChI is InChI=1S/C13H11N5O4S/c1-2-17-11(20)12(21)18(13(17)22)6-9(19)14-7-4-3-5-8-10(7)16-23-15-8/h3-5H,2,6H2,1H3,(H,14,19). The van der Waals surface area contributed by atoms with Crippen LogP contribution in [0.25, 0.3) is 11.0 Å². The maximum atomic E-state index is 12.1. The van der Waals surface area contributed by atoms with Crippen LogP contribution in [0.1, 0.15) is 6.92 Å². The molecule has 0 unspecified atom stereocenters. The van der Waals surface area contributed by atoms with Crippen LogP contribution in [0, 0.1) is 0 Å². The van der Waals surface area contributed by atoms with Crippen molar-refractivity contribution in [1.82, 2.24) is 18.5 Å². The molecule has 2 heterocycles. The number of carbonyl (C=O) groups is 4. The van der Waals surface area contributed by atoms with E-state index < -0.39 is 30.3 Å². The number of aromatic nitrogens is 2. The van der Waals surface area contributed by atoms with Gasteiger partial charge in [0, 0.05) is 6.54 Å². The molecule has 23 heavy (non-hydrogen) atoms. The van der Waals surface area contributed by atoms with Gasteiger partial charge in [0.25, 0.3) is 0 Å². The van der Waals surface area contributed by atoms with E-state index in [2.05, 4.69) is 14.1 Å². The van der Waals surface area contributed by atoms with E-state index in [1.165, 1.54) is 0 Å². The van der Waals surface area contributed by atoms with Crippen molar-refractivity contribution < 1.29 is 19.2 Å². The summed E-state index contributed by atoms with van der Waals surface area (Å²) >= 11 is 1.01. The molecular formula is C13H11N5O4S. The van der Waals surface area contributed by atoms with Crippen molar-refractivity contribution >= 4 is 52.2 Å². The molecule has 1 aromatic carbocycles. The highest BCUT2D eigenvalue weighted by atomic mass is 32.1. The third-order valence-corrected chi connectivity index (χ3v) is 3.86. The fourth-order valence-corrected chi connectivity index (χ4v) is 2.76. The van der Waals surface area contributed by atoms with Gasteiger partial charge < -0.3 is 5.32 Å². The molecule has 1 saturated heterocycles. The van der Waals surface area contributed by atoms with Crippen molar-refractivity contribution in [3.05, 3.63) is 18.2 Å². The summed E-state index contributed by atoms with van der Waals surface area (Å²) < 4.78 is 8.13. The molecule has 10 heteroatoms. The normalized spacial score (nSPS) is 14.9. The third kappa shape index (κ3) is 2.52. The van der Waals surface area contributed by atoms with Crippen molar-refractivity contribution in [3.8, 4) is 0 Å². The van der Waals surface area contributed by atoms with Crippen LogP contribution in [-0.2, 0) is 14.4 Å². The van der Waals surface area contributed by atoms with Crippen molar-refractivity contribution in [3.63, 3.8) is 0 Å². The summed E-state index contributed by atoms with van der Waals surface area (Å²) in [6, 6.07) is 4.30. The first-order valence-electron chi connectivity index (χ1n) is 6.71. The second-order valence-corrected chi connectivity index (χ2v) is 5.24. The Balaban J connectivity index is 1.75. The van der Waals surface area contributed by atoms with Crippen molar-refractivity contribution in [2.45, 2.75) is 6.92 Å². The molecule has 1 aromatic heterocycles. The Hall–Kier alpha value is -2.88. The number of benzene rings is 1. The van der Waals surface area contributed by atoms with Gasteiger partial charge in [-0.15, -0.1) is 0 Å². The first-order chi connectivity index (χ1) is 11.0. The van der Waals surface area contributed by atoms with E-state index in [1.54, 1.807) is 25.1 Å². The minimum absolute atomic E-state index is 0.0747. The van der Waals surface area contributed by atoms with Crippen LogP contribution >= 0.6 is 11.7 Å². The second kappa shape index (κ2) is 5.72. The van der Waals surface area contributed by atoms with Gasteiger partial charge in [-0.25, -0.2) is 9.69 Å². The number of imide groups is 2. The summed E-state index contributed by atoms with van der Waals surface area (Å²) in [7, 11) is 0. The molecule has 118 valence electrons. The Morgan fingerprint density at radius 2 is 1.91 bits per heavy atom. The van der Waals surface area contributed by atoms with E-state index in [4.69, 9.17) is 0 Å². The lowest BCUT2D eigenvalue weighted by atomic mass is 10.2. The number of hydrogen-bond acceptors (Lipinski definition) is 7. The quantitative estimate of drug-likeness (QED) is 0.642. The van der Waals surface area contributed by atoms with Crippen LogP contribution in [0.5, 0.6) is 0 Å². The molecule has 0 atom stereocenters. The van der Waals surface area contributed by atoms with Crippen molar-refractivity contribution in [2.75, 3.05) is 18.4 Å². The van der Waals surface area contributed by atoms with Gasteiger partial charge in [-0.1, -0.05) is 6.07 Å². The van der Waals surface area contributed by atoms with Crippen LogP contribution < -0.4 is 5.32 Å². The summed E-state index contributed by atoms with van der Waals surface area (Å²) in [4.78, 5) is 48.8. The smallest absolute Gasteiger partial charge is 0.323 e. The highest BCUT2D eigenvalue weighted by Crippen LogP contribution is 2.21. The highest BCUT2D eigenvalue weighted by molar-refractivity contribution is 7.00. The fourth-order valence-electron chi connectivity index (χ4n) is 2.21. The van der Waals surface area contributed by atoms with Crippen molar-refractivity contribution in [2.24, 2.45) is 0 Å². The lowest BCUT2D eigenvalue weighted by Gasteiger charge is -2.14. The maximum Gasteiger partial charge on any atom is 0.334 e. The molecule has 3 rings (SSSR count). The molecule has 1 aliphatic heterocycles. The van der Waals surface area contributed by atoms with E-state index in [0.717, 1.165) is 16.6 Å². The summed E-state index contributed by atoms with van der Waals surface area (Å²) in [5.74, 6) is -2.52. The van der Waals surface area contributed by atoms with Gasteiger partial charge in [0.15, 0.2) is 0 Å². The minimum atomic E-state index is -1.000. The number of fused-ring (bicyclic) bond motifs is 1. The second-order valence-electron chi connectivity index (χ2n) is 4.71. The van der Waals surface area contributed by atoms with E-state index in [0.29, 0.717) is 21.6 Å². The van der Waals surface area contributed by atoms with Crippen LogP contribution in [0.2, 0.25) is 0 Å². The van der Waals surface area contributed by atoms with Crippen LogP contribution in [0.4, 0.5) is 10.5 Å². The average Bonchev–Trinajstić information content (AvgIpc) is 3.08. The van der Waals surface area contributed by atoms with E-state index >= 15 is 0 Å². The summed E-state index contributed by atoms with van der Waals surface area (Å²) in [6.45, 7) is 1.11. The molecule has 0 saturated carbocycles. The maximum absolute atomic E-state index is 12.1. The lowest BCUT2D eigenvalue weighted by Crippen LogP contribution is -2.39. The molecule has 1 N–H and O–H groups in total. The molecule has 2 aromatic rings. The zero-order chi connectivity index (χ0) is 16.6. The number of urea groups is 1. The predicted molar refractivity (Wildman–Crippen MR) is 80.5 cm³/mol. The van der Waals surface area contributed by atoms with E-state index in [-0.39, 0.29) is 6.54 Å². The van der Waals surface area contributed by atoms with E-state index in [9.17, 15) is 19.2 Å². The Morgan fingerprint density at radius 1 is 1.17 bits per heavy atom. The predicted octanol–water partition coefficient (Wildman–Crippen LogP) is 0.440. The van der Waals surface area contributed by atoms with Crippen molar-refractivity contribution in [1.29, 1.82) is 0 Å². The number of nitrogens with zero attached hydrogens (tertiary/aromatic N) is 4. The van der Waals surface area contributed by atoms with Gasteiger partial charge in [0.2, 0.25) is 5.91 Å². The monoisotopic (exact) mass is 333 g/mol. The van der Waals surface area contributed by atoms with Crippen LogP contribution in [-0.4, -0.2) is 55.4 Å². The minimum Gasteiger partial charge on any atom is -0.323 e. The fraction of sp³-hybridized carbons (Fsp3) is 0.231. The Kier molecular flexibility index (Phi) is 3.74. The SMILES string of the molecule is CCN1C(=O)C(=O)N(CC(=O)Nc2cccc3nsnc23)C1=O. The molecule has 1 aliphatic rings. The topological polar surface area (TPSA) is 113 Å². The molecule has 0 spiro atoms. The third-order valence-electron chi connectivity index (χ3n) is 3.31. The number of amides is 5. The number of likely N-dealkylation sites (N-methyl/N-ethyl adjacent to an activating group) is 1. The largest absolute Gasteiger partial charge is 0.334 e. The van der Waals surface area contributed by atoms with Gasteiger partial charge in [0.05, 0.1) is 17.4 Å². The Bertz CT molecular complexity index is 833. The highest BCUT2D eigenvalue weighted by Gasteiger charge is 2.44. The number of rotatable bonds is 4. The number of anilines is 1. The Morgan fingerprint density at radius 3 is 2.61 bits per heavy atom. The van der Waals surface area contributed by atoms with Gasteiger partial charge in [-0.3, -0.25) is 19.3 Å². The van der Waals surface area contributed by atoms with Gasteiger partial charge in [-0.05, 0) is 19.1 Å². The van der Waals surface area contributed by atoms with Crippen LogP contribution in [0.15, 0.2) is 18.2 Å². The molecule has 1 fully saturated rings. The Labute approximate surface area is 134 Å². The first-order valence-corrected chi connectivity index (χ1v) is 7.44. The number of hydrogen-bond donors (Lipinski definition) is 1. The molecule has 5 amide bonds. The van der Waals surface area contributed by atoms with Gasteiger partial charge in [0.1, 0.15) is 17.6 Å². The molecule has 0 aliphatic carbocycles. The summed E-state index contributed by atoms with van der Waals surface area (Å²) in [5, 5.41) is 2.58. The molecule has 0 bridgehead atoms. The summed E-state index contributed by atoms with van der Waals surface area (Å²) in [5.41, 5.74) is 1.59. The zero-order valence-electron chi connectivity index (χ0n) is 12.0. The molecule has 9 nitrogen and oxygen atoms in total. The number of carbonyl (C=O) groups excluding carboxylic acids is 4. The van der Waals surface area contributed by atoms with E-state index in [1.807, 2.05) is 0 Å². The summed E-state index contributed by atoms with van der Waals surface area (Å²) in [6.07, 6.45) is 0. The lowest BCUT2D eigenvalue weighted by molar-refractivity contribution is -0.143. The average molecular weight is 333 g/mol. The zero-order valence-corrected chi connectivity index (χ0v) is 12.8. The van der Waals surface area contributed by atoms with Gasteiger partial charge in [-0.2, -0.15) is 8.75 Å². The van der Waals surface area contributed by atoms with Gasteiger partial charge >= 0.3 is 17.8 Å². The number of nitrogens with one attached hydrogen (secondary N) is 1. The molecular weight excluding hydrogens is 322 g/mol. The first kappa shape index (κ1) is 15.0.